The molecule has 0 atom stereocenters. The van der Waals surface area contributed by atoms with Crippen LogP contribution >= 0.6 is 0 Å². The summed E-state index contributed by atoms with van der Waals surface area (Å²) >= 11 is 0. The van der Waals surface area contributed by atoms with E-state index in [2.05, 4.69) is 4.90 Å². The van der Waals surface area contributed by atoms with E-state index in [0.717, 1.165) is 46.3 Å². The molecule has 11 nitrogen and oxygen atoms in total. The molecule has 0 bridgehead atoms. The van der Waals surface area contributed by atoms with Crippen molar-refractivity contribution < 1.29 is 23.8 Å². The van der Waals surface area contributed by atoms with Crippen LogP contribution in [0.3, 0.4) is 0 Å². The monoisotopic (exact) mass is 570 g/mol. The number of hydrogen-bond donors (Lipinski definition) is 0. The number of carbonyl (C=O) groups is 2. The maximum atomic E-state index is 12.7. The Morgan fingerprint density at radius 3 is 2.38 bits per heavy atom. The maximum absolute atomic E-state index is 12.7. The van der Waals surface area contributed by atoms with Crippen molar-refractivity contribution in [2.75, 3.05) is 51.4 Å². The molecule has 218 valence electrons. The Bertz CT molecular complexity index is 1530. The van der Waals surface area contributed by atoms with Gasteiger partial charge in [-0.2, -0.15) is 10.1 Å². The lowest BCUT2D eigenvalue weighted by Gasteiger charge is -2.31. The van der Waals surface area contributed by atoms with Crippen LogP contribution in [0.4, 0.5) is 10.7 Å². The Labute approximate surface area is 244 Å². The molecule has 11 heteroatoms. The number of amides is 1. The van der Waals surface area contributed by atoms with E-state index in [1.54, 1.807) is 4.90 Å². The van der Waals surface area contributed by atoms with E-state index < -0.39 is 0 Å². The lowest BCUT2D eigenvalue weighted by Crippen LogP contribution is -2.39. The van der Waals surface area contributed by atoms with Crippen LogP contribution in [0, 0.1) is 0 Å². The van der Waals surface area contributed by atoms with Gasteiger partial charge in [0.2, 0.25) is 5.95 Å². The lowest BCUT2D eigenvalue weighted by atomic mass is 10.0. The summed E-state index contributed by atoms with van der Waals surface area (Å²) in [5, 5.41) is 5.64. The molecule has 0 radical (unpaired) electrons. The number of rotatable bonds is 7. The van der Waals surface area contributed by atoms with Gasteiger partial charge in [0.15, 0.2) is 5.65 Å². The Hall–Kier alpha value is -4.51. The summed E-state index contributed by atoms with van der Waals surface area (Å²) in [7, 11) is 1.39. The minimum atomic E-state index is -0.294. The van der Waals surface area contributed by atoms with Crippen molar-refractivity contribution in [3.63, 3.8) is 0 Å². The van der Waals surface area contributed by atoms with E-state index >= 15 is 0 Å². The van der Waals surface area contributed by atoms with Crippen LogP contribution in [0.1, 0.15) is 30.0 Å². The number of nitrogens with zero attached hydrogens (tertiary/aromatic N) is 6. The standard InChI is InChI=1S/C31H34N6O5/c1-40-27(38)19-22-7-9-24(10-8-22)28-26-20-32-37(29(26)34-30(33-28)35-15-17-41-18-16-35)25-11-13-36(14-12-25)31(39)42-21-23-5-3-2-4-6-23/h2-10,20,25H,11-19,21H2,1H3. The van der Waals surface area contributed by atoms with Gasteiger partial charge in [-0.25, -0.2) is 14.5 Å². The van der Waals surface area contributed by atoms with Crippen molar-refractivity contribution in [3.8, 4) is 11.3 Å². The molecule has 2 aliphatic rings. The number of hydrogen-bond acceptors (Lipinski definition) is 9. The first-order valence-electron chi connectivity index (χ1n) is 14.3. The average Bonchev–Trinajstić information content (AvgIpc) is 3.48. The molecule has 2 saturated heterocycles. The molecular weight excluding hydrogens is 536 g/mol. The minimum absolute atomic E-state index is 0.0865. The fourth-order valence-electron chi connectivity index (χ4n) is 5.43. The topological polar surface area (TPSA) is 112 Å². The molecule has 0 N–H and O–H groups in total. The number of fused-ring (bicyclic) bond motifs is 1. The second-order valence-electron chi connectivity index (χ2n) is 10.5. The van der Waals surface area contributed by atoms with Crippen molar-refractivity contribution >= 4 is 29.0 Å². The normalized spacial score (nSPS) is 16.0. The number of morpholine rings is 1. The summed E-state index contributed by atoms with van der Waals surface area (Å²) in [5.41, 5.74) is 4.31. The SMILES string of the molecule is COC(=O)Cc1ccc(-c2nc(N3CCOCC3)nc3c2cnn3C2CCN(C(=O)OCc3ccccc3)CC2)cc1. The van der Waals surface area contributed by atoms with Crippen LogP contribution in [0.5, 0.6) is 0 Å². The van der Waals surface area contributed by atoms with Crippen molar-refractivity contribution in [2.24, 2.45) is 0 Å². The second-order valence-corrected chi connectivity index (χ2v) is 10.5. The number of anilines is 1. The third-order valence-electron chi connectivity index (χ3n) is 7.81. The number of carbonyl (C=O) groups excluding carboxylic acids is 2. The van der Waals surface area contributed by atoms with Crippen LogP contribution in [0.15, 0.2) is 60.8 Å². The molecule has 0 unspecified atom stereocenters. The predicted octanol–water partition coefficient (Wildman–Crippen LogP) is 4.02. The fraction of sp³-hybridized carbons (Fsp3) is 0.387. The number of aromatic nitrogens is 4. The number of likely N-dealkylation sites (tertiary alicyclic amines) is 1. The van der Waals surface area contributed by atoms with E-state index in [0.29, 0.717) is 45.3 Å². The number of ether oxygens (including phenoxy) is 3. The fourth-order valence-corrected chi connectivity index (χ4v) is 5.43. The summed E-state index contributed by atoms with van der Waals surface area (Å²) in [4.78, 5) is 38.3. The second kappa shape index (κ2) is 12.6. The van der Waals surface area contributed by atoms with Crippen molar-refractivity contribution in [1.29, 1.82) is 0 Å². The van der Waals surface area contributed by atoms with Crippen LogP contribution in [0.25, 0.3) is 22.3 Å². The van der Waals surface area contributed by atoms with Gasteiger partial charge in [0.05, 0.1) is 50.1 Å². The van der Waals surface area contributed by atoms with Gasteiger partial charge in [0.25, 0.3) is 0 Å². The molecule has 1 amide bonds. The van der Waals surface area contributed by atoms with Gasteiger partial charge in [-0.15, -0.1) is 0 Å². The van der Waals surface area contributed by atoms with Crippen molar-refractivity contribution in [1.82, 2.24) is 24.6 Å². The molecule has 2 aromatic heterocycles. The highest BCUT2D eigenvalue weighted by atomic mass is 16.6. The van der Waals surface area contributed by atoms with Crippen LogP contribution in [0.2, 0.25) is 0 Å². The molecule has 0 saturated carbocycles. The lowest BCUT2D eigenvalue weighted by molar-refractivity contribution is -0.139. The summed E-state index contributed by atoms with van der Waals surface area (Å²) in [6.07, 6.45) is 3.23. The van der Waals surface area contributed by atoms with E-state index in [9.17, 15) is 9.59 Å². The third kappa shape index (κ3) is 6.06. The smallest absolute Gasteiger partial charge is 0.410 e. The van der Waals surface area contributed by atoms with Gasteiger partial charge in [0.1, 0.15) is 6.61 Å². The van der Waals surface area contributed by atoms with Crippen molar-refractivity contribution in [3.05, 3.63) is 71.9 Å². The zero-order valence-electron chi connectivity index (χ0n) is 23.6. The molecule has 0 spiro atoms. The van der Waals surface area contributed by atoms with E-state index in [1.807, 2.05) is 65.5 Å². The van der Waals surface area contributed by atoms with Crippen LogP contribution in [-0.4, -0.2) is 83.2 Å². The summed E-state index contributed by atoms with van der Waals surface area (Å²) in [5.74, 6) is 0.363. The molecule has 2 aliphatic heterocycles. The van der Waals surface area contributed by atoms with Gasteiger partial charge in [-0.3, -0.25) is 4.79 Å². The summed E-state index contributed by atoms with van der Waals surface area (Å²) < 4.78 is 17.9. The third-order valence-corrected chi connectivity index (χ3v) is 7.81. The molecule has 6 rings (SSSR count). The molecule has 0 aliphatic carbocycles. The molecule has 2 fully saturated rings. The number of piperidine rings is 1. The molecule has 42 heavy (non-hydrogen) atoms. The quantitative estimate of drug-likeness (QED) is 0.304. The first kappa shape index (κ1) is 27.6. The molecular formula is C31H34N6O5. The minimum Gasteiger partial charge on any atom is -0.469 e. The summed E-state index contributed by atoms with van der Waals surface area (Å²) in [6, 6.07) is 17.6. The first-order chi connectivity index (χ1) is 20.6. The van der Waals surface area contributed by atoms with E-state index in [-0.39, 0.29) is 31.1 Å². The van der Waals surface area contributed by atoms with Gasteiger partial charge in [0, 0.05) is 31.7 Å². The molecule has 4 heterocycles. The van der Waals surface area contributed by atoms with Gasteiger partial charge < -0.3 is 24.0 Å². The summed E-state index contributed by atoms with van der Waals surface area (Å²) in [6.45, 7) is 4.08. The average molecular weight is 571 g/mol. The Morgan fingerprint density at radius 2 is 1.67 bits per heavy atom. The zero-order valence-corrected chi connectivity index (χ0v) is 23.6. The Morgan fingerprint density at radius 1 is 0.929 bits per heavy atom. The zero-order chi connectivity index (χ0) is 28.9. The molecule has 4 aromatic rings. The number of benzene rings is 2. The highest BCUT2D eigenvalue weighted by molar-refractivity contribution is 5.91. The maximum Gasteiger partial charge on any atom is 0.410 e. The Balaban J connectivity index is 1.23. The largest absolute Gasteiger partial charge is 0.469 e. The van der Waals surface area contributed by atoms with Gasteiger partial charge >= 0.3 is 12.1 Å². The van der Waals surface area contributed by atoms with Crippen LogP contribution in [-0.2, 0) is 32.0 Å². The van der Waals surface area contributed by atoms with E-state index in [4.69, 9.17) is 29.3 Å². The van der Waals surface area contributed by atoms with Gasteiger partial charge in [-0.05, 0) is 24.0 Å². The highest BCUT2D eigenvalue weighted by Crippen LogP contribution is 2.32. The predicted molar refractivity (Wildman–Crippen MR) is 156 cm³/mol. The number of esters is 1. The number of methoxy groups -OCH3 is 1. The van der Waals surface area contributed by atoms with Crippen molar-refractivity contribution in [2.45, 2.75) is 31.9 Å². The molecule has 2 aromatic carbocycles. The Kier molecular flexibility index (Phi) is 8.27. The van der Waals surface area contributed by atoms with Gasteiger partial charge in [-0.1, -0.05) is 54.6 Å². The van der Waals surface area contributed by atoms with Crippen LogP contribution < -0.4 is 4.90 Å². The first-order valence-corrected chi connectivity index (χ1v) is 14.3. The highest BCUT2D eigenvalue weighted by Gasteiger charge is 2.28. The van der Waals surface area contributed by atoms with E-state index in [1.165, 1.54) is 7.11 Å².